The van der Waals surface area contributed by atoms with Crippen molar-refractivity contribution >= 4 is 0 Å². The van der Waals surface area contributed by atoms with Gasteiger partial charge in [0.2, 0.25) is 0 Å². The molecule has 24 heavy (non-hydrogen) atoms. The minimum Gasteiger partial charge on any atom is -0.457 e. The van der Waals surface area contributed by atoms with Crippen molar-refractivity contribution in [2.75, 3.05) is 6.54 Å². The number of ether oxygens (including phenoxy) is 1. The van der Waals surface area contributed by atoms with Crippen molar-refractivity contribution in [1.82, 2.24) is 0 Å². The number of rotatable bonds is 4. The van der Waals surface area contributed by atoms with E-state index in [0.717, 1.165) is 24.6 Å². The van der Waals surface area contributed by atoms with Crippen molar-refractivity contribution in [3.05, 3.63) is 95.6 Å². The van der Waals surface area contributed by atoms with Crippen LogP contribution < -0.4 is 9.64 Å². The molecule has 0 saturated carbocycles. The summed E-state index contributed by atoms with van der Waals surface area (Å²) in [5.41, 5.74) is 4.34. The minimum absolute atomic E-state index is 0.883. The van der Waals surface area contributed by atoms with Gasteiger partial charge in [0.25, 0.3) is 0 Å². The van der Waals surface area contributed by atoms with Crippen LogP contribution in [0.15, 0.2) is 78.9 Å². The average molecular weight is 316 g/mol. The van der Waals surface area contributed by atoms with E-state index in [1.807, 2.05) is 36.4 Å². The van der Waals surface area contributed by atoms with E-state index in [4.69, 9.17) is 4.74 Å². The van der Waals surface area contributed by atoms with Gasteiger partial charge in [-0.1, -0.05) is 54.6 Å². The maximum absolute atomic E-state index is 5.96. The molecule has 0 saturated heterocycles. The third kappa shape index (κ3) is 3.50. The van der Waals surface area contributed by atoms with Crippen LogP contribution in [0.3, 0.4) is 0 Å². The molecule has 1 aliphatic rings. The van der Waals surface area contributed by atoms with Gasteiger partial charge in [-0.2, -0.15) is 0 Å². The van der Waals surface area contributed by atoms with E-state index in [1.165, 1.54) is 29.7 Å². The topological polar surface area (TPSA) is 13.7 Å². The number of fused-ring (bicyclic) bond motifs is 1. The summed E-state index contributed by atoms with van der Waals surface area (Å²) in [6, 6.07) is 27.3. The normalized spacial score (nSPS) is 16.4. The largest absolute Gasteiger partial charge is 0.457 e. The molecule has 0 aliphatic carbocycles. The molecular weight excluding hydrogens is 294 g/mol. The van der Waals surface area contributed by atoms with Crippen molar-refractivity contribution in [2.45, 2.75) is 19.5 Å². The van der Waals surface area contributed by atoms with E-state index in [1.54, 1.807) is 4.90 Å². The maximum atomic E-state index is 5.96. The number of hydrogen-bond acceptors (Lipinski definition) is 1. The fourth-order valence-corrected chi connectivity index (χ4v) is 3.43. The molecule has 0 spiro atoms. The molecule has 1 aliphatic heterocycles. The number of benzene rings is 3. The molecule has 120 valence electrons. The van der Waals surface area contributed by atoms with Gasteiger partial charge in [-0.3, -0.25) is 0 Å². The molecule has 1 atom stereocenters. The van der Waals surface area contributed by atoms with Gasteiger partial charge in [-0.25, -0.2) is 0 Å². The highest BCUT2D eigenvalue weighted by Crippen LogP contribution is 2.21. The van der Waals surface area contributed by atoms with Crippen LogP contribution in [0.25, 0.3) is 0 Å². The standard InChI is InChI=1S/C22H21NO/c1-2-10-21(11-3-1)24-22-12-6-7-18(15-22)16-23-14-13-19-8-4-5-9-20(19)17-23/h1-12,15H,13-14,16-17H2/p+1. The first-order chi connectivity index (χ1) is 11.9. The zero-order valence-corrected chi connectivity index (χ0v) is 13.7. The Balaban J connectivity index is 1.45. The van der Waals surface area contributed by atoms with Crippen LogP contribution in [-0.2, 0) is 19.5 Å². The van der Waals surface area contributed by atoms with Crippen molar-refractivity contribution in [2.24, 2.45) is 0 Å². The quantitative estimate of drug-likeness (QED) is 0.776. The Morgan fingerprint density at radius 2 is 1.50 bits per heavy atom. The number of quaternary nitrogens is 1. The van der Waals surface area contributed by atoms with Gasteiger partial charge in [0.15, 0.2) is 0 Å². The molecule has 0 aromatic heterocycles. The molecule has 3 aromatic rings. The fraction of sp³-hybridized carbons (Fsp3) is 0.182. The predicted octanol–water partition coefficient (Wildman–Crippen LogP) is 3.62. The van der Waals surface area contributed by atoms with E-state index < -0.39 is 0 Å². The van der Waals surface area contributed by atoms with Crippen LogP contribution in [0, 0.1) is 0 Å². The molecular formula is C22H22NO+. The molecule has 0 fully saturated rings. The van der Waals surface area contributed by atoms with E-state index in [2.05, 4.69) is 42.5 Å². The third-order valence-corrected chi connectivity index (χ3v) is 4.64. The summed E-state index contributed by atoms with van der Waals surface area (Å²) in [6.45, 7) is 3.35. The molecule has 1 unspecified atom stereocenters. The van der Waals surface area contributed by atoms with Crippen LogP contribution in [0.1, 0.15) is 16.7 Å². The van der Waals surface area contributed by atoms with Crippen LogP contribution in [0.4, 0.5) is 0 Å². The highest BCUT2D eigenvalue weighted by atomic mass is 16.5. The molecule has 0 bridgehead atoms. The molecule has 2 nitrogen and oxygen atoms in total. The van der Waals surface area contributed by atoms with E-state index >= 15 is 0 Å². The maximum Gasteiger partial charge on any atom is 0.127 e. The van der Waals surface area contributed by atoms with Gasteiger partial charge >= 0.3 is 0 Å². The lowest BCUT2D eigenvalue weighted by Gasteiger charge is -2.26. The fourth-order valence-electron chi connectivity index (χ4n) is 3.43. The van der Waals surface area contributed by atoms with Gasteiger partial charge in [-0.15, -0.1) is 0 Å². The highest BCUT2D eigenvalue weighted by Gasteiger charge is 2.19. The molecule has 0 amide bonds. The molecule has 3 aromatic carbocycles. The van der Waals surface area contributed by atoms with Crippen LogP contribution >= 0.6 is 0 Å². The number of hydrogen-bond donors (Lipinski definition) is 1. The lowest BCUT2D eigenvalue weighted by Crippen LogP contribution is -3.10. The Hall–Kier alpha value is -2.58. The Morgan fingerprint density at radius 1 is 0.750 bits per heavy atom. The lowest BCUT2D eigenvalue weighted by molar-refractivity contribution is -0.929. The highest BCUT2D eigenvalue weighted by molar-refractivity contribution is 5.33. The first-order valence-electron chi connectivity index (χ1n) is 8.59. The molecule has 0 radical (unpaired) electrons. The van der Waals surface area contributed by atoms with Crippen molar-refractivity contribution in [3.63, 3.8) is 0 Å². The van der Waals surface area contributed by atoms with Gasteiger partial charge in [-0.05, 0) is 29.8 Å². The van der Waals surface area contributed by atoms with Gasteiger partial charge in [0.1, 0.15) is 24.6 Å². The van der Waals surface area contributed by atoms with Gasteiger partial charge in [0.05, 0.1) is 6.54 Å². The second kappa shape index (κ2) is 6.90. The van der Waals surface area contributed by atoms with E-state index in [9.17, 15) is 0 Å². The summed E-state index contributed by atoms with van der Waals surface area (Å²) in [7, 11) is 0. The van der Waals surface area contributed by atoms with Gasteiger partial charge < -0.3 is 9.64 Å². The first-order valence-corrected chi connectivity index (χ1v) is 8.59. The van der Waals surface area contributed by atoms with E-state index in [-0.39, 0.29) is 0 Å². The predicted molar refractivity (Wildman–Crippen MR) is 96.3 cm³/mol. The molecule has 1 N–H and O–H groups in total. The average Bonchev–Trinajstić information content (AvgIpc) is 2.63. The summed E-state index contributed by atoms with van der Waals surface area (Å²) >= 11 is 0. The SMILES string of the molecule is c1ccc(Oc2cccc(C[NH+]3CCc4ccccc4C3)c2)cc1. The summed E-state index contributed by atoms with van der Waals surface area (Å²) in [5, 5.41) is 0. The van der Waals surface area contributed by atoms with Crippen molar-refractivity contribution in [1.29, 1.82) is 0 Å². The Labute approximate surface area is 143 Å². The van der Waals surface area contributed by atoms with Crippen molar-refractivity contribution < 1.29 is 9.64 Å². The van der Waals surface area contributed by atoms with Gasteiger partial charge in [0, 0.05) is 17.5 Å². The summed E-state index contributed by atoms with van der Waals surface area (Å²) in [6.07, 6.45) is 1.17. The molecule has 1 heterocycles. The molecule has 4 rings (SSSR count). The summed E-state index contributed by atoms with van der Waals surface area (Å²) in [4.78, 5) is 1.62. The number of nitrogens with one attached hydrogen (secondary N) is 1. The lowest BCUT2D eigenvalue weighted by atomic mass is 9.99. The van der Waals surface area contributed by atoms with Crippen LogP contribution in [0.5, 0.6) is 11.5 Å². The second-order valence-electron chi connectivity index (χ2n) is 6.43. The zero-order valence-electron chi connectivity index (χ0n) is 13.7. The van der Waals surface area contributed by atoms with Crippen LogP contribution in [-0.4, -0.2) is 6.54 Å². The summed E-state index contributed by atoms with van der Waals surface area (Å²) in [5.74, 6) is 1.80. The van der Waals surface area contributed by atoms with Crippen LogP contribution in [0.2, 0.25) is 0 Å². The second-order valence-corrected chi connectivity index (χ2v) is 6.43. The zero-order chi connectivity index (χ0) is 16.2. The number of para-hydroxylation sites is 1. The minimum atomic E-state index is 0.883. The Morgan fingerprint density at radius 3 is 2.38 bits per heavy atom. The smallest absolute Gasteiger partial charge is 0.127 e. The Kier molecular flexibility index (Phi) is 4.30. The first kappa shape index (κ1) is 15.0. The summed E-state index contributed by atoms with van der Waals surface area (Å²) < 4.78 is 5.96. The Bertz CT molecular complexity index is 813. The molecule has 2 heteroatoms. The third-order valence-electron chi connectivity index (χ3n) is 4.64. The monoisotopic (exact) mass is 316 g/mol. The van der Waals surface area contributed by atoms with Crippen molar-refractivity contribution in [3.8, 4) is 11.5 Å². The van der Waals surface area contributed by atoms with E-state index in [0.29, 0.717) is 0 Å².